The predicted molar refractivity (Wildman–Crippen MR) is 64.6 cm³/mol. The Morgan fingerprint density at radius 2 is 2.44 bits per heavy atom. The Morgan fingerprint density at radius 3 is 3.00 bits per heavy atom. The van der Waals surface area contributed by atoms with Gasteiger partial charge in [0.25, 0.3) is 0 Å². The van der Waals surface area contributed by atoms with Gasteiger partial charge in [-0.15, -0.1) is 11.3 Å². The van der Waals surface area contributed by atoms with E-state index in [0.29, 0.717) is 18.2 Å². The van der Waals surface area contributed by atoms with Crippen LogP contribution in [0.1, 0.15) is 34.1 Å². The molecule has 7 heteroatoms. The molecule has 1 aromatic heterocycles. The predicted octanol–water partition coefficient (Wildman–Crippen LogP) is 1.05. The fourth-order valence-corrected chi connectivity index (χ4v) is 2.48. The Balaban J connectivity index is 1.95. The topological polar surface area (TPSA) is 88.5 Å². The van der Waals surface area contributed by atoms with Crippen LogP contribution in [0.5, 0.6) is 0 Å². The SMILES string of the molecule is CC(NC(=O)C1CCOC1)c1ncc(C(=O)O)s1. The Kier molecular flexibility index (Phi) is 3.93. The highest BCUT2D eigenvalue weighted by atomic mass is 32.1. The van der Waals surface area contributed by atoms with Gasteiger partial charge in [-0.25, -0.2) is 9.78 Å². The van der Waals surface area contributed by atoms with E-state index in [-0.39, 0.29) is 22.7 Å². The van der Waals surface area contributed by atoms with E-state index in [9.17, 15) is 9.59 Å². The molecule has 0 saturated carbocycles. The molecule has 1 aliphatic heterocycles. The first-order valence-electron chi connectivity index (χ1n) is 5.65. The van der Waals surface area contributed by atoms with Crippen LogP contribution in [0.3, 0.4) is 0 Å². The van der Waals surface area contributed by atoms with Gasteiger partial charge in [0.15, 0.2) is 0 Å². The first kappa shape index (κ1) is 13.0. The second kappa shape index (κ2) is 5.45. The highest BCUT2D eigenvalue weighted by Crippen LogP contribution is 2.21. The summed E-state index contributed by atoms with van der Waals surface area (Å²) in [5, 5.41) is 12.2. The number of nitrogens with one attached hydrogen (secondary N) is 1. The molecule has 1 amide bonds. The molecule has 0 radical (unpaired) electrons. The number of carbonyl (C=O) groups is 2. The number of aromatic nitrogens is 1. The maximum atomic E-state index is 11.8. The monoisotopic (exact) mass is 270 g/mol. The first-order chi connectivity index (χ1) is 8.58. The number of carbonyl (C=O) groups excluding carboxylic acids is 1. The number of hydrogen-bond donors (Lipinski definition) is 2. The molecule has 0 aliphatic carbocycles. The maximum Gasteiger partial charge on any atom is 0.347 e. The average Bonchev–Trinajstić information content (AvgIpc) is 3.00. The summed E-state index contributed by atoms with van der Waals surface area (Å²) in [6.45, 7) is 2.86. The number of nitrogens with zero attached hydrogens (tertiary/aromatic N) is 1. The molecule has 1 saturated heterocycles. The third kappa shape index (κ3) is 2.85. The molecule has 0 spiro atoms. The van der Waals surface area contributed by atoms with E-state index in [2.05, 4.69) is 10.3 Å². The van der Waals surface area contributed by atoms with Gasteiger partial charge in [-0.1, -0.05) is 0 Å². The summed E-state index contributed by atoms with van der Waals surface area (Å²) in [6.07, 6.45) is 2.04. The fraction of sp³-hybridized carbons (Fsp3) is 0.545. The van der Waals surface area contributed by atoms with Crippen molar-refractivity contribution in [3.63, 3.8) is 0 Å². The van der Waals surface area contributed by atoms with Gasteiger partial charge < -0.3 is 15.2 Å². The molecule has 2 atom stereocenters. The Bertz CT molecular complexity index is 454. The molecule has 2 heterocycles. The van der Waals surface area contributed by atoms with Gasteiger partial charge in [0.1, 0.15) is 9.88 Å². The molecule has 2 N–H and O–H groups in total. The lowest BCUT2D eigenvalue weighted by Gasteiger charge is -2.14. The second-order valence-electron chi connectivity index (χ2n) is 4.16. The smallest absolute Gasteiger partial charge is 0.347 e. The van der Waals surface area contributed by atoms with E-state index in [1.54, 1.807) is 6.92 Å². The van der Waals surface area contributed by atoms with Crippen molar-refractivity contribution in [3.05, 3.63) is 16.1 Å². The van der Waals surface area contributed by atoms with Crippen LogP contribution in [0, 0.1) is 5.92 Å². The average molecular weight is 270 g/mol. The minimum absolute atomic E-state index is 0.0629. The number of aromatic carboxylic acids is 1. The van der Waals surface area contributed by atoms with Gasteiger partial charge in [0.05, 0.1) is 24.8 Å². The minimum Gasteiger partial charge on any atom is -0.477 e. The molecule has 2 rings (SSSR count). The van der Waals surface area contributed by atoms with Crippen LogP contribution in [-0.2, 0) is 9.53 Å². The number of carboxylic acids is 1. The summed E-state index contributed by atoms with van der Waals surface area (Å²) in [5.74, 6) is -1.17. The lowest BCUT2D eigenvalue weighted by molar-refractivity contribution is -0.125. The lowest BCUT2D eigenvalue weighted by atomic mass is 10.1. The van der Waals surface area contributed by atoms with E-state index in [0.717, 1.165) is 17.8 Å². The van der Waals surface area contributed by atoms with Crippen molar-refractivity contribution in [1.82, 2.24) is 10.3 Å². The van der Waals surface area contributed by atoms with Gasteiger partial charge in [0.2, 0.25) is 5.91 Å². The van der Waals surface area contributed by atoms with Crippen molar-refractivity contribution in [1.29, 1.82) is 0 Å². The number of rotatable bonds is 4. The van der Waals surface area contributed by atoms with Crippen molar-refractivity contribution in [2.45, 2.75) is 19.4 Å². The van der Waals surface area contributed by atoms with E-state index in [1.807, 2.05) is 0 Å². The Hall–Kier alpha value is -1.47. The molecule has 1 aliphatic rings. The van der Waals surface area contributed by atoms with Gasteiger partial charge in [-0.2, -0.15) is 0 Å². The van der Waals surface area contributed by atoms with Gasteiger partial charge in [-0.3, -0.25) is 4.79 Å². The van der Waals surface area contributed by atoms with Crippen molar-refractivity contribution in [2.24, 2.45) is 5.92 Å². The molecule has 6 nitrogen and oxygen atoms in total. The molecule has 2 unspecified atom stereocenters. The number of thiazole rings is 1. The summed E-state index contributed by atoms with van der Waals surface area (Å²) in [4.78, 5) is 26.8. The van der Waals surface area contributed by atoms with Gasteiger partial charge in [-0.05, 0) is 13.3 Å². The molecule has 1 fully saturated rings. The molecule has 1 aromatic rings. The minimum atomic E-state index is -0.999. The molecule has 18 heavy (non-hydrogen) atoms. The fourth-order valence-electron chi connectivity index (χ4n) is 1.72. The van der Waals surface area contributed by atoms with Crippen LogP contribution in [0.25, 0.3) is 0 Å². The summed E-state index contributed by atoms with van der Waals surface area (Å²) in [6, 6.07) is -0.281. The first-order valence-corrected chi connectivity index (χ1v) is 6.46. The van der Waals surface area contributed by atoms with Crippen LogP contribution < -0.4 is 5.32 Å². The number of ether oxygens (including phenoxy) is 1. The highest BCUT2D eigenvalue weighted by Gasteiger charge is 2.25. The standard InChI is InChI=1S/C11H14N2O4S/c1-6(10-12-4-8(18-10)11(15)16)13-9(14)7-2-3-17-5-7/h4,6-7H,2-3,5H2,1H3,(H,13,14)(H,15,16). The maximum absolute atomic E-state index is 11.8. The zero-order valence-corrected chi connectivity index (χ0v) is 10.7. The second-order valence-corrected chi connectivity index (χ2v) is 5.22. The largest absolute Gasteiger partial charge is 0.477 e. The van der Waals surface area contributed by atoms with E-state index in [1.165, 1.54) is 6.20 Å². The summed E-state index contributed by atoms with van der Waals surface area (Å²) < 4.78 is 5.15. The van der Waals surface area contributed by atoms with Crippen LogP contribution in [-0.4, -0.2) is 35.2 Å². The summed E-state index contributed by atoms with van der Waals surface area (Å²) in [5.41, 5.74) is 0. The normalized spacial score (nSPS) is 20.6. The zero-order chi connectivity index (χ0) is 13.1. The van der Waals surface area contributed by atoms with Crippen molar-refractivity contribution >= 4 is 23.2 Å². The van der Waals surface area contributed by atoms with Crippen molar-refractivity contribution in [3.8, 4) is 0 Å². The third-order valence-corrected chi connectivity index (χ3v) is 3.93. The molecular formula is C11H14N2O4S. The third-order valence-electron chi connectivity index (χ3n) is 2.76. The highest BCUT2D eigenvalue weighted by molar-refractivity contribution is 7.13. The summed E-state index contributed by atoms with van der Waals surface area (Å²) in [7, 11) is 0. The number of hydrogen-bond acceptors (Lipinski definition) is 5. The van der Waals surface area contributed by atoms with E-state index >= 15 is 0 Å². The van der Waals surface area contributed by atoms with Crippen LogP contribution in [0.2, 0.25) is 0 Å². The number of amides is 1. The van der Waals surface area contributed by atoms with Crippen molar-refractivity contribution < 1.29 is 19.4 Å². The zero-order valence-electron chi connectivity index (χ0n) is 9.88. The van der Waals surface area contributed by atoms with E-state index < -0.39 is 5.97 Å². The van der Waals surface area contributed by atoms with Crippen LogP contribution in [0.15, 0.2) is 6.20 Å². The summed E-state index contributed by atoms with van der Waals surface area (Å²) >= 11 is 1.08. The van der Waals surface area contributed by atoms with Crippen LogP contribution in [0.4, 0.5) is 0 Å². The quantitative estimate of drug-likeness (QED) is 0.854. The Morgan fingerprint density at radius 1 is 1.67 bits per heavy atom. The van der Waals surface area contributed by atoms with Gasteiger partial charge in [0, 0.05) is 6.61 Å². The lowest BCUT2D eigenvalue weighted by Crippen LogP contribution is -2.32. The van der Waals surface area contributed by atoms with Crippen LogP contribution >= 0.6 is 11.3 Å². The number of carboxylic acid groups (broad SMARTS) is 1. The molecule has 0 bridgehead atoms. The molecular weight excluding hydrogens is 256 g/mol. The molecule has 0 aromatic carbocycles. The molecule has 98 valence electrons. The Labute approximate surface area is 108 Å². The van der Waals surface area contributed by atoms with E-state index in [4.69, 9.17) is 9.84 Å². The van der Waals surface area contributed by atoms with Crippen molar-refractivity contribution in [2.75, 3.05) is 13.2 Å². The van der Waals surface area contributed by atoms with Gasteiger partial charge >= 0.3 is 5.97 Å².